The van der Waals surface area contributed by atoms with Crippen LogP contribution >= 0.6 is 15.9 Å². The summed E-state index contributed by atoms with van der Waals surface area (Å²) in [5, 5.41) is 11.6. The van der Waals surface area contributed by atoms with Crippen LogP contribution in [0.15, 0.2) is 28.7 Å². The van der Waals surface area contributed by atoms with Crippen molar-refractivity contribution >= 4 is 27.9 Å². The van der Waals surface area contributed by atoms with Crippen molar-refractivity contribution in [1.29, 1.82) is 0 Å². The quantitative estimate of drug-likeness (QED) is 0.835. The number of nitrogens with one attached hydrogen (secondary N) is 1. The molecular formula is C14H19BrN2O3. The number of carbonyl (C=O) groups excluding carboxylic acids is 1. The van der Waals surface area contributed by atoms with Crippen molar-refractivity contribution in [3.63, 3.8) is 0 Å². The van der Waals surface area contributed by atoms with E-state index >= 15 is 0 Å². The molecule has 0 saturated heterocycles. The van der Waals surface area contributed by atoms with Gasteiger partial charge >= 0.3 is 12.0 Å². The van der Waals surface area contributed by atoms with Crippen molar-refractivity contribution < 1.29 is 14.7 Å². The lowest BCUT2D eigenvalue weighted by molar-refractivity contribution is -0.139. The summed E-state index contributed by atoms with van der Waals surface area (Å²) >= 11 is 3.42. The maximum atomic E-state index is 12.0. The van der Waals surface area contributed by atoms with Crippen LogP contribution in [0.3, 0.4) is 0 Å². The zero-order valence-corrected chi connectivity index (χ0v) is 13.2. The molecule has 0 aliphatic rings. The molecule has 0 radical (unpaired) electrons. The van der Waals surface area contributed by atoms with Gasteiger partial charge in [0.2, 0.25) is 0 Å². The van der Waals surface area contributed by atoms with Crippen LogP contribution in [0.1, 0.15) is 25.3 Å². The Hall–Kier alpha value is -1.56. The van der Waals surface area contributed by atoms with Crippen LogP contribution in [0.4, 0.5) is 4.79 Å². The lowest BCUT2D eigenvalue weighted by atomic mass is 10.2. The van der Waals surface area contributed by atoms with Crippen molar-refractivity contribution in [3.05, 3.63) is 34.3 Å². The molecule has 1 aromatic carbocycles. The first-order chi connectivity index (χ1) is 9.45. The highest BCUT2D eigenvalue weighted by molar-refractivity contribution is 9.10. The molecule has 5 nitrogen and oxygen atoms in total. The molecular weight excluding hydrogens is 324 g/mol. The fraction of sp³-hybridized carbons (Fsp3) is 0.429. The summed E-state index contributed by atoms with van der Waals surface area (Å²) < 4.78 is 0.919. The molecule has 20 heavy (non-hydrogen) atoms. The van der Waals surface area contributed by atoms with Gasteiger partial charge in [-0.2, -0.15) is 0 Å². The Balaban J connectivity index is 2.63. The Morgan fingerprint density at radius 3 is 2.60 bits per heavy atom. The standard InChI is InChI=1S/C14H19BrN2O3/c1-3-6-12(13(18)19)16-14(20)17(2)9-10-7-4-5-8-11(10)15/h4-5,7-8,12H,3,6,9H2,1-2H3,(H,16,20)(H,18,19). The van der Waals surface area contributed by atoms with Gasteiger partial charge in [0.05, 0.1) is 0 Å². The molecule has 1 aromatic rings. The molecule has 1 rings (SSSR count). The van der Waals surface area contributed by atoms with Crippen molar-refractivity contribution in [3.8, 4) is 0 Å². The van der Waals surface area contributed by atoms with Crippen LogP contribution in [-0.2, 0) is 11.3 Å². The van der Waals surface area contributed by atoms with E-state index in [-0.39, 0.29) is 6.03 Å². The van der Waals surface area contributed by atoms with Crippen LogP contribution in [-0.4, -0.2) is 35.1 Å². The van der Waals surface area contributed by atoms with Gasteiger partial charge in [-0.3, -0.25) is 0 Å². The molecule has 0 fully saturated rings. The zero-order chi connectivity index (χ0) is 15.1. The second-order valence-corrected chi connectivity index (χ2v) is 5.43. The van der Waals surface area contributed by atoms with Gasteiger partial charge < -0.3 is 15.3 Å². The molecule has 110 valence electrons. The molecule has 1 unspecified atom stereocenters. The molecule has 0 heterocycles. The minimum absolute atomic E-state index is 0.387. The highest BCUT2D eigenvalue weighted by Gasteiger charge is 2.20. The predicted octanol–water partition coefficient (Wildman–Crippen LogP) is 2.84. The number of carboxylic acid groups (broad SMARTS) is 1. The number of aliphatic carboxylic acids is 1. The number of carbonyl (C=O) groups is 2. The maximum Gasteiger partial charge on any atom is 0.326 e. The molecule has 0 spiro atoms. The first-order valence-electron chi connectivity index (χ1n) is 6.43. The van der Waals surface area contributed by atoms with Gasteiger partial charge in [-0.05, 0) is 18.1 Å². The third kappa shape index (κ3) is 4.85. The summed E-state index contributed by atoms with van der Waals surface area (Å²) in [7, 11) is 1.64. The van der Waals surface area contributed by atoms with Crippen molar-refractivity contribution in [2.24, 2.45) is 0 Å². The van der Waals surface area contributed by atoms with E-state index < -0.39 is 12.0 Å². The number of hydrogen-bond acceptors (Lipinski definition) is 2. The second-order valence-electron chi connectivity index (χ2n) is 4.58. The van der Waals surface area contributed by atoms with Crippen molar-refractivity contribution in [2.75, 3.05) is 7.05 Å². The minimum atomic E-state index is -1.01. The van der Waals surface area contributed by atoms with Gasteiger partial charge in [-0.15, -0.1) is 0 Å². The summed E-state index contributed by atoms with van der Waals surface area (Å²) in [5.74, 6) is -1.01. The Morgan fingerprint density at radius 1 is 1.40 bits per heavy atom. The van der Waals surface area contributed by atoms with E-state index in [0.717, 1.165) is 10.0 Å². The Morgan fingerprint density at radius 2 is 2.05 bits per heavy atom. The number of nitrogens with zero attached hydrogens (tertiary/aromatic N) is 1. The molecule has 0 saturated carbocycles. The maximum absolute atomic E-state index is 12.0. The molecule has 6 heteroatoms. The third-order valence-corrected chi connectivity index (χ3v) is 3.66. The second kappa shape index (κ2) is 7.89. The molecule has 0 bridgehead atoms. The van der Waals surface area contributed by atoms with E-state index in [1.54, 1.807) is 7.05 Å². The Bertz CT molecular complexity index is 479. The van der Waals surface area contributed by atoms with Gasteiger partial charge in [-0.25, -0.2) is 9.59 Å². The molecule has 0 aliphatic carbocycles. The first-order valence-corrected chi connectivity index (χ1v) is 7.22. The topological polar surface area (TPSA) is 69.6 Å². The van der Waals surface area contributed by atoms with Crippen LogP contribution in [0.25, 0.3) is 0 Å². The minimum Gasteiger partial charge on any atom is -0.480 e. The van der Waals surface area contributed by atoms with Gasteiger partial charge in [-0.1, -0.05) is 47.5 Å². The van der Waals surface area contributed by atoms with E-state index in [2.05, 4.69) is 21.2 Å². The zero-order valence-electron chi connectivity index (χ0n) is 11.6. The van der Waals surface area contributed by atoms with E-state index in [0.29, 0.717) is 19.4 Å². The Kier molecular flexibility index (Phi) is 6.51. The molecule has 1 atom stereocenters. The van der Waals surface area contributed by atoms with Gasteiger partial charge in [0.15, 0.2) is 0 Å². The number of benzene rings is 1. The lowest BCUT2D eigenvalue weighted by Gasteiger charge is -2.21. The fourth-order valence-corrected chi connectivity index (χ4v) is 2.17. The monoisotopic (exact) mass is 342 g/mol. The molecule has 2 amide bonds. The number of rotatable bonds is 6. The predicted molar refractivity (Wildman–Crippen MR) is 80.5 cm³/mol. The smallest absolute Gasteiger partial charge is 0.326 e. The van der Waals surface area contributed by atoms with Gasteiger partial charge in [0.25, 0.3) is 0 Å². The largest absolute Gasteiger partial charge is 0.480 e. The summed E-state index contributed by atoms with van der Waals surface area (Å²) in [6.07, 6.45) is 1.12. The van der Waals surface area contributed by atoms with Gasteiger partial charge in [0, 0.05) is 18.1 Å². The lowest BCUT2D eigenvalue weighted by Crippen LogP contribution is -2.46. The highest BCUT2D eigenvalue weighted by atomic mass is 79.9. The van der Waals surface area contributed by atoms with Crippen LogP contribution in [0.2, 0.25) is 0 Å². The molecule has 0 aliphatic heterocycles. The van der Waals surface area contributed by atoms with Crippen molar-refractivity contribution in [1.82, 2.24) is 10.2 Å². The number of hydrogen-bond donors (Lipinski definition) is 2. The SMILES string of the molecule is CCCC(NC(=O)N(C)Cc1ccccc1Br)C(=O)O. The van der Waals surface area contributed by atoms with E-state index in [1.807, 2.05) is 31.2 Å². The molecule has 0 aromatic heterocycles. The van der Waals surface area contributed by atoms with Crippen LogP contribution in [0, 0.1) is 0 Å². The fourth-order valence-electron chi connectivity index (χ4n) is 1.76. The number of carboxylic acids is 1. The summed E-state index contributed by atoms with van der Waals surface area (Å²) in [6, 6.07) is 6.38. The molecule has 2 N–H and O–H groups in total. The van der Waals surface area contributed by atoms with Crippen molar-refractivity contribution in [2.45, 2.75) is 32.4 Å². The Labute approximate surface area is 127 Å². The van der Waals surface area contributed by atoms with E-state index in [9.17, 15) is 9.59 Å². The number of amides is 2. The summed E-state index contributed by atoms with van der Waals surface area (Å²) in [4.78, 5) is 24.5. The van der Waals surface area contributed by atoms with E-state index in [4.69, 9.17) is 5.11 Å². The van der Waals surface area contributed by atoms with Crippen LogP contribution < -0.4 is 5.32 Å². The summed E-state index contributed by atoms with van der Waals surface area (Å²) in [5.41, 5.74) is 0.965. The summed E-state index contributed by atoms with van der Waals surface area (Å²) in [6.45, 7) is 2.29. The van der Waals surface area contributed by atoms with E-state index in [1.165, 1.54) is 4.90 Å². The third-order valence-electron chi connectivity index (χ3n) is 2.89. The van der Waals surface area contributed by atoms with Crippen LogP contribution in [0.5, 0.6) is 0 Å². The number of urea groups is 1. The average molecular weight is 343 g/mol. The van der Waals surface area contributed by atoms with Gasteiger partial charge in [0.1, 0.15) is 6.04 Å². The first kappa shape index (κ1) is 16.5. The normalized spacial score (nSPS) is 11.8. The highest BCUT2D eigenvalue weighted by Crippen LogP contribution is 2.17. The average Bonchev–Trinajstić information content (AvgIpc) is 2.40. The number of halogens is 1.